The highest BCUT2D eigenvalue weighted by molar-refractivity contribution is 5.94. The molecule has 3 heterocycles. The number of benzene rings is 1. The van der Waals surface area contributed by atoms with Gasteiger partial charge in [-0.3, -0.25) is 14.5 Å². The normalized spacial score (nSPS) is 15.6. The first kappa shape index (κ1) is 20.2. The summed E-state index contributed by atoms with van der Waals surface area (Å²) >= 11 is 0. The van der Waals surface area contributed by atoms with Crippen LogP contribution in [0, 0.1) is 0 Å². The van der Waals surface area contributed by atoms with Gasteiger partial charge in [-0.15, -0.1) is 0 Å². The number of rotatable bonds is 7. The fraction of sp³-hybridized carbons (Fsp3) is 0.333. The minimum atomic E-state index is -0.254. The summed E-state index contributed by atoms with van der Waals surface area (Å²) in [7, 11) is 0. The van der Waals surface area contributed by atoms with Gasteiger partial charge in [0.1, 0.15) is 11.5 Å². The van der Waals surface area contributed by atoms with Gasteiger partial charge in [-0.1, -0.05) is 30.7 Å². The number of Topliss-reactive ketones (excluding diaryl/α,β-unsaturated/α-hetero) is 1. The van der Waals surface area contributed by atoms with Crippen LogP contribution in [0.25, 0.3) is 11.3 Å². The van der Waals surface area contributed by atoms with Crippen molar-refractivity contribution in [2.75, 3.05) is 19.6 Å². The van der Waals surface area contributed by atoms with Crippen molar-refractivity contribution in [3.63, 3.8) is 0 Å². The van der Waals surface area contributed by atoms with E-state index in [1.165, 1.54) is 13.3 Å². The van der Waals surface area contributed by atoms with Gasteiger partial charge < -0.3 is 14.2 Å². The first-order valence-corrected chi connectivity index (χ1v) is 10.4. The molecule has 2 aromatic heterocycles. The van der Waals surface area contributed by atoms with E-state index in [9.17, 15) is 9.59 Å². The topological polar surface area (TPSA) is 75.7 Å². The molecule has 1 unspecified atom stereocenters. The SMILES string of the molecule is CC(=O)c1ccc(-c2ccc(C(=O)NCC(c3ccco3)N3CCCCC3)o2)cc1. The molecule has 1 aromatic carbocycles. The van der Waals surface area contributed by atoms with Crippen LogP contribution in [0.5, 0.6) is 0 Å². The largest absolute Gasteiger partial charge is 0.468 e. The Morgan fingerprint density at radius 2 is 1.80 bits per heavy atom. The fourth-order valence-electron chi connectivity index (χ4n) is 3.88. The molecule has 1 fully saturated rings. The van der Waals surface area contributed by atoms with E-state index in [-0.39, 0.29) is 23.5 Å². The minimum absolute atomic E-state index is 0.0119. The number of piperidine rings is 1. The van der Waals surface area contributed by atoms with E-state index in [1.54, 1.807) is 30.5 Å². The third-order valence-electron chi connectivity index (χ3n) is 5.56. The predicted octanol–water partition coefficient (Wildman–Crippen LogP) is 4.70. The molecular weight excluding hydrogens is 380 g/mol. The number of carbonyl (C=O) groups is 2. The molecule has 0 spiro atoms. The van der Waals surface area contributed by atoms with Crippen LogP contribution in [0.4, 0.5) is 0 Å². The second kappa shape index (κ2) is 9.13. The van der Waals surface area contributed by atoms with E-state index in [1.807, 2.05) is 24.3 Å². The van der Waals surface area contributed by atoms with Crippen LogP contribution >= 0.6 is 0 Å². The molecule has 1 saturated heterocycles. The van der Waals surface area contributed by atoms with E-state index in [2.05, 4.69) is 10.2 Å². The van der Waals surface area contributed by atoms with Gasteiger partial charge in [-0.2, -0.15) is 0 Å². The molecule has 1 aliphatic heterocycles. The molecule has 6 heteroatoms. The number of hydrogen-bond acceptors (Lipinski definition) is 5. The first-order chi connectivity index (χ1) is 14.6. The second-order valence-electron chi connectivity index (χ2n) is 7.64. The molecule has 0 aliphatic carbocycles. The first-order valence-electron chi connectivity index (χ1n) is 10.4. The van der Waals surface area contributed by atoms with Crippen LogP contribution in [0.3, 0.4) is 0 Å². The van der Waals surface area contributed by atoms with Gasteiger partial charge in [-0.25, -0.2) is 0 Å². The highest BCUT2D eigenvalue weighted by Gasteiger charge is 2.25. The predicted molar refractivity (Wildman–Crippen MR) is 113 cm³/mol. The van der Waals surface area contributed by atoms with E-state index in [4.69, 9.17) is 8.83 Å². The molecule has 1 N–H and O–H groups in total. The van der Waals surface area contributed by atoms with Crippen LogP contribution in [0.1, 0.15) is 58.9 Å². The lowest BCUT2D eigenvalue weighted by Gasteiger charge is -2.33. The summed E-state index contributed by atoms with van der Waals surface area (Å²) < 4.78 is 11.4. The lowest BCUT2D eigenvalue weighted by Crippen LogP contribution is -2.40. The Hall–Kier alpha value is -3.12. The van der Waals surface area contributed by atoms with Gasteiger partial charge in [0.2, 0.25) is 0 Å². The number of likely N-dealkylation sites (tertiary alicyclic amines) is 1. The zero-order chi connectivity index (χ0) is 20.9. The van der Waals surface area contributed by atoms with Gasteiger partial charge in [0.05, 0.1) is 12.3 Å². The summed E-state index contributed by atoms with van der Waals surface area (Å²) in [6, 6.07) is 14.4. The lowest BCUT2D eigenvalue weighted by molar-refractivity contribution is 0.0887. The molecule has 0 bridgehead atoms. The Morgan fingerprint density at radius 3 is 2.47 bits per heavy atom. The molecule has 4 rings (SSSR count). The molecule has 156 valence electrons. The zero-order valence-electron chi connectivity index (χ0n) is 17.1. The van der Waals surface area contributed by atoms with Gasteiger partial charge >= 0.3 is 0 Å². The average molecular weight is 406 g/mol. The Kier molecular flexibility index (Phi) is 6.14. The van der Waals surface area contributed by atoms with E-state index in [0.29, 0.717) is 17.9 Å². The van der Waals surface area contributed by atoms with Gasteiger partial charge in [0, 0.05) is 17.7 Å². The van der Waals surface area contributed by atoms with Crippen LogP contribution in [-0.2, 0) is 0 Å². The van der Waals surface area contributed by atoms with Gasteiger partial charge in [0.25, 0.3) is 5.91 Å². The number of hydrogen-bond donors (Lipinski definition) is 1. The monoisotopic (exact) mass is 406 g/mol. The summed E-state index contributed by atoms with van der Waals surface area (Å²) in [6.45, 7) is 3.99. The van der Waals surface area contributed by atoms with Crippen LogP contribution in [0.15, 0.2) is 63.6 Å². The Labute approximate surface area is 175 Å². The van der Waals surface area contributed by atoms with Crippen LogP contribution in [-0.4, -0.2) is 36.2 Å². The van der Waals surface area contributed by atoms with E-state index >= 15 is 0 Å². The fourth-order valence-corrected chi connectivity index (χ4v) is 3.88. The summed E-state index contributed by atoms with van der Waals surface area (Å²) in [6.07, 6.45) is 5.24. The van der Waals surface area contributed by atoms with Crippen molar-refractivity contribution in [3.05, 3.63) is 71.9 Å². The molecule has 6 nitrogen and oxygen atoms in total. The van der Waals surface area contributed by atoms with E-state index in [0.717, 1.165) is 37.3 Å². The maximum atomic E-state index is 12.7. The van der Waals surface area contributed by atoms with Crippen molar-refractivity contribution >= 4 is 11.7 Å². The maximum Gasteiger partial charge on any atom is 0.287 e. The number of ketones is 1. The third kappa shape index (κ3) is 4.54. The number of furan rings is 2. The van der Waals surface area contributed by atoms with Crippen LogP contribution < -0.4 is 5.32 Å². The third-order valence-corrected chi connectivity index (χ3v) is 5.56. The number of carbonyl (C=O) groups excluding carboxylic acids is 2. The molecule has 1 amide bonds. The summed E-state index contributed by atoms with van der Waals surface area (Å²) in [5, 5.41) is 2.99. The van der Waals surface area contributed by atoms with Crippen molar-refractivity contribution < 1.29 is 18.4 Å². The van der Waals surface area contributed by atoms with E-state index < -0.39 is 0 Å². The van der Waals surface area contributed by atoms with Gasteiger partial charge in [0.15, 0.2) is 11.5 Å². The highest BCUT2D eigenvalue weighted by Crippen LogP contribution is 2.26. The van der Waals surface area contributed by atoms with Crippen LogP contribution in [0.2, 0.25) is 0 Å². The van der Waals surface area contributed by atoms with Crippen molar-refractivity contribution in [1.82, 2.24) is 10.2 Å². The van der Waals surface area contributed by atoms with Crippen molar-refractivity contribution in [2.45, 2.75) is 32.2 Å². The molecule has 1 atom stereocenters. The molecule has 0 saturated carbocycles. The smallest absolute Gasteiger partial charge is 0.287 e. The lowest BCUT2D eigenvalue weighted by atomic mass is 10.1. The molecule has 1 aliphatic rings. The average Bonchev–Trinajstić information content (AvgIpc) is 3.47. The van der Waals surface area contributed by atoms with Gasteiger partial charge in [-0.05, 0) is 57.1 Å². The van der Waals surface area contributed by atoms with Crippen molar-refractivity contribution in [2.24, 2.45) is 0 Å². The zero-order valence-corrected chi connectivity index (χ0v) is 17.1. The second-order valence-corrected chi connectivity index (χ2v) is 7.64. The molecule has 3 aromatic rings. The van der Waals surface area contributed by atoms with Crippen molar-refractivity contribution in [3.8, 4) is 11.3 Å². The number of nitrogens with zero attached hydrogens (tertiary/aromatic N) is 1. The Morgan fingerprint density at radius 1 is 1.03 bits per heavy atom. The quantitative estimate of drug-likeness (QED) is 0.576. The molecular formula is C24H26N2O4. The highest BCUT2D eigenvalue weighted by atomic mass is 16.4. The molecule has 30 heavy (non-hydrogen) atoms. The standard InChI is InChI=1S/C24H26N2O4/c1-17(27)18-7-9-19(10-8-18)21-11-12-23(30-21)24(28)25-16-20(22-6-5-15-29-22)26-13-3-2-4-14-26/h5-12,15,20H,2-4,13-14,16H2,1H3,(H,25,28). The summed E-state index contributed by atoms with van der Waals surface area (Å²) in [5.41, 5.74) is 1.46. The van der Waals surface area contributed by atoms with Crippen molar-refractivity contribution in [1.29, 1.82) is 0 Å². The number of amides is 1. The molecule has 0 radical (unpaired) electrons. The maximum absolute atomic E-state index is 12.7. The minimum Gasteiger partial charge on any atom is -0.468 e. The Balaban J connectivity index is 1.42. The summed E-state index contributed by atoms with van der Waals surface area (Å²) in [5.74, 6) is 1.48. The Bertz CT molecular complexity index is 983. The summed E-state index contributed by atoms with van der Waals surface area (Å²) in [4.78, 5) is 26.5. The number of nitrogens with one attached hydrogen (secondary N) is 1.